The van der Waals surface area contributed by atoms with Gasteiger partial charge in [-0.25, -0.2) is 9.97 Å². The third-order valence-electron chi connectivity index (χ3n) is 6.82. The van der Waals surface area contributed by atoms with E-state index in [0.717, 1.165) is 74.3 Å². The topological polar surface area (TPSA) is 78.0 Å². The zero-order valence-electron chi connectivity index (χ0n) is 17.9. The van der Waals surface area contributed by atoms with Crippen molar-refractivity contribution < 1.29 is 4.74 Å². The lowest BCUT2D eigenvalue weighted by Gasteiger charge is -2.23. The second kappa shape index (κ2) is 8.52. The fourth-order valence-electron chi connectivity index (χ4n) is 4.87. The van der Waals surface area contributed by atoms with E-state index >= 15 is 0 Å². The molecule has 0 spiro atoms. The van der Waals surface area contributed by atoms with E-state index < -0.39 is 0 Å². The van der Waals surface area contributed by atoms with Crippen LogP contribution >= 0.6 is 0 Å². The van der Waals surface area contributed by atoms with E-state index in [4.69, 9.17) is 15.5 Å². The van der Waals surface area contributed by atoms with Crippen molar-refractivity contribution in [2.75, 3.05) is 25.5 Å². The SMILES string of the molecule is CCCCc1nc2c(N)nc3ccccc3c2n1C[C@@H]1CC1CNC1CCOCC1. The van der Waals surface area contributed by atoms with E-state index in [9.17, 15) is 0 Å². The number of hydrogen-bond acceptors (Lipinski definition) is 5. The highest BCUT2D eigenvalue weighted by molar-refractivity contribution is 6.06. The predicted octanol–water partition coefficient (Wildman–Crippen LogP) is 3.91. The second-order valence-electron chi connectivity index (χ2n) is 9.00. The summed E-state index contributed by atoms with van der Waals surface area (Å²) in [7, 11) is 0. The van der Waals surface area contributed by atoms with Crippen molar-refractivity contribution in [3.63, 3.8) is 0 Å². The van der Waals surface area contributed by atoms with Crippen molar-refractivity contribution in [3.8, 4) is 0 Å². The molecule has 3 aromatic rings. The van der Waals surface area contributed by atoms with E-state index in [-0.39, 0.29) is 0 Å². The first-order chi connectivity index (χ1) is 14.7. The number of imidazole rings is 1. The number of aryl methyl sites for hydroxylation is 1. The van der Waals surface area contributed by atoms with Crippen LogP contribution < -0.4 is 11.1 Å². The number of aromatic nitrogens is 3. The molecule has 1 saturated heterocycles. The Morgan fingerprint density at radius 3 is 2.83 bits per heavy atom. The number of anilines is 1. The number of ether oxygens (including phenoxy) is 1. The van der Waals surface area contributed by atoms with Gasteiger partial charge in [-0.15, -0.1) is 0 Å². The van der Waals surface area contributed by atoms with Crippen LogP contribution in [0.5, 0.6) is 0 Å². The molecule has 160 valence electrons. The summed E-state index contributed by atoms with van der Waals surface area (Å²) in [5, 5.41) is 4.94. The van der Waals surface area contributed by atoms with Crippen LogP contribution in [0.1, 0.15) is 44.9 Å². The molecule has 1 aliphatic carbocycles. The van der Waals surface area contributed by atoms with Crippen LogP contribution in [0, 0.1) is 11.8 Å². The lowest BCUT2D eigenvalue weighted by Crippen LogP contribution is -2.36. The Kier molecular flexibility index (Phi) is 5.61. The molecule has 5 rings (SSSR count). The Labute approximate surface area is 178 Å². The minimum Gasteiger partial charge on any atom is -0.382 e. The van der Waals surface area contributed by atoms with Crippen LogP contribution in [0.15, 0.2) is 24.3 Å². The lowest BCUT2D eigenvalue weighted by atomic mass is 10.1. The molecule has 2 aromatic heterocycles. The van der Waals surface area contributed by atoms with Crippen LogP contribution in [-0.4, -0.2) is 40.3 Å². The molecule has 6 nitrogen and oxygen atoms in total. The maximum Gasteiger partial charge on any atom is 0.152 e. The average molecular weight is 408 g/mol. The molecule has 0 radical (unpaired) electrons. The summed E-state index contributed by atoms with van der Waals surface area (Å²) in [6, 6.07) is 8.94. The van der Waals surface area contributed by atoms with Crippen LogP contribution in [0.4, 0.5) is 5.82 Å². The van der Waals surface area contributed by atoms with Gasteiger partial charge in [0.2, 0.25) is 0 Å². The van der Waals surface area contributed by atoms with Crippen molar-refractivity contribution in [1.29, 1.82) is 0 Å². The molecule has 2 fully saturated rings. The number of nitrogens with zero attached hydrogens (tertiary/aromatic N) is 3. The van der Waals surface area contributed by atoms with Crippen LogP contribution in [0.3, 0.4) is 0 Å². The van der Waals surface area contributed by atoms with Gasteiger partial charge < -0.3 is 20.4 Å². The van der Waals surface area contributed by atoms with E-state index in [1.54, 1.807) is 0 Å². The highest BCUT2D eigenvalue weighted by Gasteiger charge is 2.38. The summed E-state index contributed by atoms with van der Waals surface area (Å²) >= 11 is 0. The predicted molar refractivity (Wildman–Crippen MR) is 121 cm³/mol. The van der Waals surface area contributed by atoms with E-state index in [0.29, 0.717) is 17.8 Å². The Bertz CT molecular complexity index is 1020. The summed E-state index contributed by atoms with van der Waals surface area (Å²) < 4.78 is 7.94. The minimum absolute atomic E-state index is 0.550. The van der Waals surface area contributed by atoms with Gasteiger partial charge in [-0.3, -0.25) is 0 Å². The summed E-state index contributed by atoms with van der Waals surface area (Å²) in [5.41, 5.74) is 9.33. The van der Waals surface area contributed by atoms with Gasteiger partial charge in [-0.2, -0.15) is 0 Å². The van der Waals surface area contributed by atoms with Gasteiger partial charge in [0.25, 0.3) is 0 Å². The van der Waals surface area contributed by atoms with Gasteiger partial charge in [0.05, 0.1) is 11.0 Å². The lowest BCUT2D eigenvalue weighted by molar-refractivity contribution is 0.0776. The largest absolute Gasteiger partial charge is 0.382 e. The first-order valence-corrected chi connectivity index (χ1v) is 11.6. The number of pyridine rings is 1. The molecule has 1 saturated carbocycles. The van der Waals surface area contributed by atoms with Gasteiger partial charge in [0.1, 0.15) is 11.3 Å². The molecule has 1 aliphatic heterocycles. The molecule has 30 heavy (non-hydrogen) atoms. The Hall–Kier alpha value is -2.18. The maximum atomic E-state index is 6.33. The smallest absolute Gasteiger partial charge is 0.152 e. The normalized spacial score (nSPS) is 22.2. The summed E-state index contributed by atoms with van der Waals surface area (Å²) in [5.74, 6) is 3.19. The number of hydrogen-bond donors (Lipinski definition) is 2. The zero-order chi connectivity index (χ0) is 20.5. The van der Waals surface area contributed by atoms with Gasteiger partial charge in [0.15, 0.2) is 5.82 Å². The Morgan fingerprint density at radius 2 is 2.00 bits per heavy atom. The molecule has 1 unspecified atom stereocenters. The first kappa shape index (κ1) is 19.8. The molecular weight excluding hydrogens is 374 g/mol. The molecule has 3 heterocycles. The van der Waals surface area contributed by atoms with Crippen LogP contribution in [0.25, 0.3) is 21.9 Å². The number of nitrogens with two attached hydrogens (primary N) is 1. The number of fused-ring (bicyclic) bond motifs is 3. The quantitative estimate of drug-likeness (QED) is 0.592. The second-order valence-corrected chi connectivity index (χ2v) is 9.00. The van der Waals surface area contributed by atoms with Crippen LogP contribution in [-0.2, 0) is 17.7 Å². The molecule has 1 aromatic carbocycles. The number of nitrogen functional groups attached to an aromatic ring is 1. The van der Waals surface area contributed by atoms with Crippen molar-refractivity contribution in [2.45, 2.75) is 58.0 Å². The van der Waals surface area contributed by atoms with Crippen molar-refractivity contribution >= 4 is 27.8 Å². The van der Waals surface area contributed by atoms with Gasteiger partial charge >= 0.3 is 0 Å². The average Bonchev–Trinajstić information content (AvgIpc) is 3.42. The molecule has 6 heteroatoms. The number of nitrogens with one attached hydrogen (secondary N) is 1. The maximum absolute atomic E-state index is 6.33. The summed E-state index contributed by atoms with van der Waals surface area (Å²) in [6.07, 6.45) is 6.89. The Morgan fingerprint density at radius 1 is 1.17 bits per heavy atom. The number of para-hydroxylation sites is 1. The standard InChI is InChI=1S/C24H33N5O/c1-2-3-8-21-28-22-23(19-6-4-5-7-20(19)27-24(22)25)29(21)15-17-13-16(17)14-26-18-9-11-30-12-10-18/h4-7,16-18,26H,2-3,8-15H2,1H3,(H2,25,27)/t16?,17-/m0/s1. The number of rotatable bonds is 8. The van der Waals surface area contributed by atoms with Gasteiger partial charge in [0, 0.05) is 37.6 Å². The summed E-state index contributed by atoms with van der Waals surface area (Å²) in [4.78, 5) is 9.58. The molecule has 0 amide bonds. The van der Waals surface area contributed by atoms with Crippen molar-refractivity contribution in [2.24, 2.45) is 11.8 Å². The highest BCUT2D eigenvalue weighted by Crippen LogP contribution is 2.41. The van der Waals surface area contributed by atoms with E-state index in [2.05, 4.69) is 33.9 Å². The van der Waals surface area contributed by atoms with Crippen molar-refractivity contribution in [1.82, 2.24) is 19.9 Å². The molecular formula is C24H33N5O. The summed E-state index contributed by atoms with van der Waals surface area (Å²) in [6.45, 7) is 6.18. The molecule has 3 N–H and O–H groups in total. The fourth-order valence-corrected chi connectivity index (χ4v) is 4.87. The van der Waals surface area contributed by atoms with Gasteiger partial charge in [-0.05, 0) is 50.1 Å². The molecule has 2 atom stereocenters. The molecule has 0 bridgehead atoms. The monoisotopic (exact) mass is 407 g/mol. The van der Waals surface area contributed by atoms with Crippen molar-refractivity contribution in [3.05, 3.63) is 30.1 Å². The highest BCUT2D eigenvalue weighted by atomic mass is 16.5. The van der Waals surface area contributed by atoms with E-state index in [1.165, 1.54) is 24.2 Å². The zero-order valence-corrected chi connectivity index (χ0v) is 17.9. The van der Waals surface area contributed by atoms with E-state index in [1.807, 2.05) is 12.1 Å². The fraction of sp³-hybridized carbons (Fsp3) is 0.583. The minimum atomic E-state index is 0.550. The third kappa shape index (κ3) is 3.91. The first-order valence-electron chi connectivity index (χ1n) is 11.6. The third-order valence-corrected chi connectivity index (χ3v) is 6.82. The van der Waals surface area contributed by atoms with Gasteiger partial charge in [-0.1, -0.05) is 31.5 Å². The van der Waals surface area contributed by atoms with Crippen LogP contribution in [0.2, 0.25) is 0 Å². The molecule has 2 aliphatic rings. The Balaban J connectivity index is 1.39. The number of unbranched alkanes of at least 4 members (excludes halogenated alkanes) is 1. The number of benzene rings is 1.